The number of hydrogen-bond acceptors (Lipinski definition) is 2. The first-order valence-corrected chi connectivity index (χ1v) is 5.37. The highest BCUT2D eigenvalue weighted by Crippen LogP contribution is 2.23. The van der Waals surface area contributed by atoms with Gasteiger partial charge >= 0.3 is 0 Å². The molecule has 2 aliphatic rings. The van der Waals surface area contributed by atoms with Crippen molar-refractivity contribution in [3.8, 4) is 0 Å². The molecule has 1 heterocycles. The van der Waals surface area contributed by atoms with Crippen LogP contribution in [0.4, 0.5) is 0 Å². The minimum atomic E-state index is 0.0716. The van der Waals surface area contributed by atoms with Crippen LogP contribution in [0.2, 0.25) is 0 Å². The van der Waals surface area contributed by atoms with Gasteiger partial charge in [-0.3, -0.25) is 9.89 Å². The van der Waals surface area contributed by atoms with Crippen LogP contribution in [0.15, 0.2) is 4.79 Å². The maximum absolute atomic E-state index is 11.4. The Labute approximate surface area is 82.1 Å². The molecule has 1 unspecified atom stereocenters. The lowest BCUT2D eigenvalue weighted by Gasteiger charge is -2.22. The summed E-state index contributed by atoms with van der Waals surface area (Å²) in [5, 5.41) is 9.19. The molecule has 1 saturated carbocycles. The van der Waals surface area contributed by atoms with Crippen LogP contribution < -0.4 is 10.9 Å². The standard InChI is InChI=1S/C10H15N3O/c14-10-8-5-7(11-6-1-2-6)3-4-9(8)12-13-10/h6-7,11H,1-5H2,(H2,12,13,14). The molecule has 0 aromatic carbocycles. The van der Waals surface area contributed by atoms with Crippen LogP contribution in [0.5, 0.6) is 0 Å². The van der Waals surface area contributed by atoms with Gasteiger partial charge in [0.2, 0.25) is 0 Å². The Balaban J connectivity index is 1.77. The normalized spacial score (nSPS) is 26.1. The van der Waals surface area contributed by atoms with E-state index in [0.29, 0.717) is 6.04 Å². The largest absolute Gasteiger partial charge is 0.311 e. The number of fused-ring (bicyclic) bond motifs is 1. The van der Waals surface area contributed by atoms with Crippen molar-refractivity contribution in [1.29, 1.82) is 0 Å². The highest BCUT2D eigenvalue weighted by atomic mass is 16.1. The fraction of sp³-hybridized carbons (Fsp3) is 0.700. The van der Waals surface area contributed by atoms with E-state index >= 15 is 0 Å². The first kappa shape index (κ1) is 8.29. The van der Waals surface area contributed by atoms with E-state index in [-0.39, 0.29) is 5.56 Å². The van der Waals surface area contributed by atoms with Crippen LogP contribution in [0.3, 0.4) is 0 Å². The number of aryl methyl sites for hydroxylation is 1. The molecule has 3 N–H and O–H groups in total. The second kappa shape index (κ2) is 2.98. The monoisotopic (exact) mass is 193 g/mol. The molecule has 0 spiro atoms. The Morgan fingerprint density at radius 1 is 1.14 bits per heavy atom. The van der Waals surface area contributed by atoms with E-state index in [1.54, 1.807) is 0 Å². The molecule has 0 saturated heterocycles. The summed E-state index contributed by atoms with van der Waals surface area (Å²) in [6, 6.07) is 1.26. The number of hydrogen-bond donors (Lipinski definition) is 3. The number of H-pyrrole nitrogens is 2. The van der Waals surface area contributed by atoms with Crippen LogP contribution in [0.25, 0.3) is 0 Å². The van der Waals surface area contributed by atoms with E-state index in [4.69, 9.17) is 0 Å². The van der Waals surface area contributed by atoms with Crippen molar-refractivity contribution >= 4 is 0 Å². The maximum Gasteiger partial charge on any atom is 0.267 e. The van der Waals surface area contributed by atoms with Crippen molar-refractivity contribution < 1.29 is 0 Å². The molecule has 76 valence electrons. The van der Waals surface area contributed by atoms with Gasteiger partial charge in [-0.25, -0.2) is 0 Å². The summed E-state index contributed by atoms with van der Waals surface area (Å²) in [4.78, 5) is 11.4. The van der Waals surface area contributed by atoms with E-state index in [1.165, 1.54) is 12.8 Å². The highest BCUT2D eigenvalue weighted by molar-refractivity contribution is 5.21. The van der Waals surface area contributed by atoms with E-state index in [1.807, 2.05) is 0 Å². The van der Waals surface area contributed by atoms with Gasteiger partial charge in [0.05, 0.1) is 0 Å². The van der Waals surface area contributed by atoms with E-state index < -0.39 is 0 Å². The van der Waals surface area contributed by atoms with Crippen molar-refractivity contribution in [2.24, 2.45) is 0 Å². The van der Waals surface area contributed by atoms with Crippen molar-refractivity contribution in [1.82, 2.24) is 15.5 Å². The van der Waals surface area contributed by atoms with Gasteiger partial charge < -0.3 is 10.4 Å². The molecule has 1 atom stereocenters. The second-order valence-corrected chi connectivity index (χ2v) is 4.42. The molecule has 0 bridgehead atoms. The number of aromatic amines is 2. The predicted molar refractivity (Wildman–Crippen MR) is 53.4 cm³/mol. The Kier molecular flexibility index (Phi) is 1.77. The summed E-state index contributed by atoms with van der Waals surface area (Å²) in [5.74, 6) is 0. The molecule has 1 aromatic rings. The fourth-order valence-corrected chi connectivity index (χ4v) is 2.24. The van der Waals surface area contributed by atoms with Gasteiger partial charge in [-0.05, 0) is 32.1 Å². The first-order chi connectivity index (χ1) is 6.83. The molecule has 1 fully saturated rings. The molecule has 0 amide bonds. The van der Waals surface area contributed by atoms with E-state index in [9.17, 15) is 4.79 Å². The molecular formula is C10H15N3O. The molecule has 0 aliphatic heterocycles. The summed E-state index contributed by atoms with van der Waals surface area (Å²) >= 11 is 0. The van der Waals surface area contributed by atoms with Crippen molar-refractivity contribution in [3.63, 3.8) is 0 Å². The zero-order chi connectivity index (χ0) is 9.54. The molecule has 4 heteroatoms. The Hall–Kier alpha value is -1.03. The van der Waals surface area contributed by atoms with Gasteiger partial charge in [0.1, 0.15) is 0 Å². The average molecular weight is 193 g/mol. The van der Waals surface area contributed by atoms with Crippen LogP contribution in [0, 0.1) is 0 Å². The van der Waals surface area contributed by atoms with Crippen LogP contribution in [-0.2, 0) is 12.8 Å². The summed E-state index contributed by atoms with van der Waals surface area (Å²) < 4.78 is 0. The molecule has 4 nitrogen and oxygen atoms in total. The Morgan fingerprint density at radius 2 is 2.00 bits per heavy atom. The number of nitrogens with one attached hydrogen (secondary N) is 3. The summed E-state index contributed by atoms with van der Waals surface area (Å²) in [6.45, 7) is 0. The second-order valence-electron chi connectivity index (χ2n) is 4.42. The lowest BCUT2D eigenvalue weighted by molar-refractivity contribution is 0.453. The van der Waals surface area contributed by atoms with Crippen molar-refractivity contribution in [2.45, 2.75) is 44.2 Å². The lowest BCUT2D eigenvalue weighted by atomic mass is 9.93. The van der Waals surface area contributed by atoms with Gasteiger partial charge in [0.15, 0.2) is 0 Å². The van der Waals surface area contributed by atoms with Gasteiger partial charge in [-0.2, -0.15) is 0 Å². The molecule has 3 rings (SSSR count). The quantitative estimate of drug-likeness (QED) is 0.633. The first-order valence-electron chi connectivity index (χ1n) is 5.37. The third-order valence-electron chi connectivity index (χ3n) is 3.21. The maximum atomic E-state index is 11.4. The summed E-state index contributed by atoms with van der Waals surface area (Å²) in [7, 11) is 0. The van der Waals surface area contributed by atoms with Crippen molar-refractivity contribution in [3.05, 3.63) is 21.6 Å². The summed E-state index contributed by atoms with van der Waals surface area (Å²) in [5.41, 5.74) is 2.15. The topological polar surface area (TPSA) is 60.7 Å². The van der Waals surface area contributed by atoms with Gasteiger partial charge in [-0.15, -0.1) is 0 Å². The van der Waals surface area contributed by atoms with Crippen LogP contribution >= 0.6 is 0 Å². The molecule has 14 heavy (non-hydrogen) atoms. The minimum Gasteiger partial charge on any atom is -0.311 e. The fourth-order valence-electron chi connectivity index (χ4n) is 2.24. The highest BCUT2D eigenvalue weighted by Gasteiger charge is 2.28. The third-order valence-corrected chi connectivity index (χ3v) is 3.21. The smallest absolute Gasteiger partial charge is 0.267 e. The summed E-state index contributed by atoms with van der Waals surface area (Å²) in [6.07, 6.45) is 5.67. The predicted octanol–water partition coefficient (Wildman–Crippen LogP) is 0.312. The van der Waals surface area contributed by atoms with Gasteiger partial charge in [0, 0.05) is 23.3 Å². The van der Waals surface area contributed by atoms with Crippen LogP contribution in [-0.4, -0.2) is 22.3 Å². The van der Waals surface area contributed by atoms with E-state index in [0.717, 1.165) is 36.6 Å². The average Bonchev–Trinajstić information content (AvgIpc) is 2.92. The lowest BCUT2D eigenvalue weighted by Crippen LogP contribution is -2.37. The SMILES string of the molecule is O=c1[nH][nH]c2c1CC(NC1CC1)CC2. The van der Waals surface area contributed by atoms with Crippen molar-refractivity contribution in [2.75, 3.05) is 0 Å². The number of rotatable bonds is 2. The zero-order valence-corrected chi connectivity index (χ0v) is 8.10. The van der Waals surface area contributed by atoms with Gasteiger partial charge in [-0.1, -0.05) is 0 Å². The van der Waals surface area contributed by atoms with E-state index in [2.05, 4.69) is 15.5 Å². The molecular weight excluding hydrogens is 178 g/mol. The van der Waals surface area contributed by atoms with Gasteiger partial charge in [0.25, 0.3) is 5.56 Å². The molecule has 0 radical (unpaired) electrons. The molecule has 2 aliphatic carbocycles. The zero-order valence-electron chi connectivity index (χ0n) is 8.10. The number of aromatic nitrogens is 2. The third kappa shape index (κ3) is 1.39. The Morgan fingerprint density at radius 3 is 2.79 bits per heavy atom. The molecule has 1 aromatic heterocycles. The van der Waals surface area contributed by atoms with Crippen LogP contribution in [0.1, 0.15) is 30.5 Å². The minimum absolute atomic E-state index is 0.0716. The Bertz CT molecular complexity index is 388.